The molecule has 0 saturated carbocycles. The Kier molecular flexibility index (Phi) is 6.56. The number of hydrogen-bond acceptors (Lipinski definition) is 6. The van der Waals surface area contributed by atoms with Crippen LogP contribution >= 0.6 is 11.8 Å². The molecule has 0 unspecified atom stereocenters. The number of aliphatic imine (C=N–C) groups is 1. The summed E-state index contributed by atoms with van der Waals surface area (Å²) in [7, 11) is -0.388. The molecule has 2 fully saturated rings. The highest BCUT2D eigenvalue weighted by molar-refractivity contribution is 8.16. The normalized spacial score (nSPS) is 22.6. The van der Waals surface area contributed by atoms with Crippen LogP contribution in [0, 0.1) is 0 Å². The van der Waals surface area contributed by atoms with Gasteiger partial charge in [-0.25, -0.2) is 8.42 Å². The van der Waals surface area contributed by atoms with Gasteiger partial charge in [0.15, 0.2) is 26.5 Å². The lowest BCUT2D eigenvalue weighted by Gasteiger charge is -2.25. The fraction of sp³-hybridized carbons (Fsp3) is 0.364. The fourth-order valence-corrected chi connectivity index (χ4v) is 7.94. The quantitative estimate of drug-likeness (QED) is 0.603. The van der Waals surface area contributed by atoms with E-state index in [0.29, 0.717) is 17.1 Å². The maximum absolute atomic E-state index is 13.3. The van der Waals surface area contributed by atoms with Gasteiger partial charge in [0.25, 0.3) is 5.91 Å². The Bertz CT molecular complexity index is 1250. The first-order chi connectivity index (χ1) is 16.0. The summed E-state index contributed by atoms with van der Waals surface area (Å²) in [5.41, 5.74) is -0.108. The number of anilines is 1. The fourth-order valence-electron chi connectivity index (χ4n) is 4.01. The van der Waals surface area contributed by atoms with Crippen LogP contribution in [-0.4, -0.2) is 56.5 Å². The minimum Gasteiger partial charge on any atom is -0.493 e. The number of amides is 1. The van der Waals surface area contributed by atoms with E-state index in [9.17, 15) is 26.4 Å². The van der Waals surface area contributed by atoms with Crippen molar-refractivity contribution in [3.8, 4) is 11.5 Å². The molecule has 182 valence electrons. The zero-order valence-corrected chi connectivity index (χ0v) is 19.8. The Morgan fingerprint density at radius 2 is 1.85 bits per heavy atom. The van der Waals surface area contributed by atoms with Gasteiger partial charge >= 0.3 is 6.18 Å². The van der Waals surface area contributed by atoms with Crippen LogP contribution in [0.15, 0.2) is 47.5 Å². The van der Waals surface area contributed by atoms with E-state index in [1.807, 2.05) is 0 Å². The molecule has 2 aromatic carbocycles. The monoisotopic (exact) mass is 514 g/mol. The van der Waals surface area contributed by atoms with Crippen molar-refractivity contribution in [3.05, 3.63) is 53.6 Å². The Morgan fingerprint density at radius 3 is 2.53 bits per heavy atom. The predicted octanol–water partition coefficient (Wildman–Crippen LogP) is 3.57. The van der Waals surface area contributed by atoms with E-state index in [4.69, 9.17) is 9.47 Å². The van der Waals surface area contributed by atoms with Crippen molar-refractivity contribution in [2.75, 3.05) is 30.6 Å². The number of methoxy groups -OCH3 is 2. The molecule has 0 N–H and O–H groups in total. The highest BCUT2D eigenvalue weighted by Gasteiger charge is 2.49. The van der Waals surface area contributed by atoms with Gasteiger partial charge < -0.3 is 14.4 Å². The lowest BCUT2D eigenvalue weighted by atomic mass is 10.1. The molecule has 0 spiro atoms. The summed E-state index contributed by atoms with van der Waals surface area (Å²) in [6.45, 7) is 0. The average Bonchev–Trinajstić information content (AvgIpc) is 3.23. The summed E-state index contributed by atoms with van der Waals surface area (Å²) in [5, 5.41) is -0.234. The molecule has 2 aromatic rings. The van der Waals surface area contributed by atoms with E-state index >= 15 is 0 Å². The molecule has 2 saturated heterocycles. The van der Waals surface area contributed by atoms with Crippen molar-refractivity contribution >= 4 is 38.4 Å². The van der Waals surface area contributed by atoms with Crippen LogP contribution in [0.1, 0.15) is 11.1 Å². The minimum atomic E-state index is -4.56. The van der Waals surface area contributed by atoms with Gasteiger partial charge in [0.1, 0.15) is 0 Å². The largest absolute Gasteiger partial charge is 0.493 e. The number of carbonyl (C=O) groups excluding carboxylic acids is 1. The number of thioether (sulfide) groups is 1. The molecule has 2 aliphatic rings. The summed E-state index contributed by atoms with van der Waals surface area (Å²) < 4.78 is 74.7. The van der Waals surface area contributed by atoms with Crippen LogP contribution in [0.3, 0.4) is 0 Å². The number of amidine groups is 1. The summed E-state index contributed by atoms with van der Waals surface area (Å²) in [4.78, 5) is 18.4. The van der Waals surface area contributed by atoms with E-state index in [1.54, 1.807) is 18.2 Å². The molecule has 0 aliphatic carbocycles. The minimum absolute atomic E-state index is 0.0749. The maximum atomic E-state index is 13.3. The highest BCUT2D eigenvalue weighted by Crippen LogP contribution is 2.42. The van der Waals surface area contributed by atoms with Crippen LogP contribution in [-0.2, 0) is 27.2 Å². The molecular weight excluding hydrogens is 493 g/mol. The highest BCUT2D eigenvalue weighted by atomic mass is 32.2. The number of carbonyl (C=O) groups is 1. The lowest BCUT2D eigenvalue weighted by molar-refractivity contribution is -0.137. The Hall–Kier alpha value is -2.73. The second kappa shape index (κ2) is 9.14. The Balaban J connectivity index is 1.65. The first-order valence-corrected chi connectivity index (χ1v) is 12.9. The molecule has 0 bridgehead atoms. The van der Waals surface area contributed by atoms with Crippen molar-refractivity contribution in [2.45, 2.75) is 23.9 Å². The molecule has 2 aliphatic heterocycles. The number of benzene rings is 2. The average molecular weight is 515 g/mol. The zero-order valence-electron chi connectivity index (χ0n) is 18.2. The van der Waals surface area contributed by atoms with Gasteiger partial charge in [-0.2, -0.15) is 18.2 Å². The number of alkyl halides is 3. The molecule has 0 radical (unpaired) electrons. The van der Waals surface area contributed by atoms with Crippen LogP contribution in [0.2, 0.25) is 0 Å². The van der Waals surface area contributed by atoms with Crippen molar-refractivity contribution in [1.82, 2.24) is 0 Å². The summed E-state index contributed by atoms with van der Waals surface area (Å²) >= 11 is 1.10. The Labute approximate surface area is 198 Å². The lowest BCUT2D eigenvalue weighted by Crippen LogP contribution is -2.38. The van der Waals surface area contributed by atoms with Gasteiger partial charge in [0.2, 0.25) is 0 Å². The van der Waals surface area contributed by atoms with Crippen molar-refractivity contribution in [2.24, 2.45) is 4.99 Å². The van der Waals surface area contributed by atoms with Crippen molar-refractivity contribution in [1.29, 1.82) is 0 Å². The van der Waals surface area contributed by atoms with E-state index < -0.39 is 38.8 Å². The number of rotatable bonds is 5. The van der Waals surface area contributed by atoms with Crippen LogP contribution in [0.4, 0.5) is 18.9 Å². The van der Waals surface area contributed by atoms with Gasteiger partial charge in [0, 0.05) is 10.9 Å². The molecule has 1 amide bonds. The molecule has 2 heterocycles. The number of sulfone groups is 1. The topological polar surface area (TPSA) is 85.3 Å². The summed E-state index contributed by atoms with van der Waals surface area (Å²) in [5.74, 6) is 0.0847. The molecule has 12 heteroatoms. The third kappa shape index (κ3) is 5.02. The number of ether oxygens (including phenoxy) is 2. The molecule has 4 rings (SSSR count). The second-order valence-corrected chi connectivity index (χ2v) is 11.2. The molecule has 2 atom stereocenters. The Morgan fingerprint density at radius 1 is 1.12 bits per heavy atom. The van der Waals surface area contributed by atoms with Gasteiger partial charge in [-0.3, -0.25) is 4.79 Å². The van der Waals surface area contributed by atoms with Gasteiger partial charge in [-0.1, -0.05) is 23.9 Å². The SMILES string of the molecule is COc1ccc(CC(=O)N=C2S[C@@H]3CS(=O)(=O)C[C@H]3N2c2cccc(C(F)(F)F)c2)cc1OC. The van der Waals surface area contributed by atoms with Gasteiger partial charge in [-0.15, -0.1) is 0 Å². The number of hydrogen-bond donors (Lipinski definition) is 0. The molecule has 34 heavy (non-hydrogen) atoms. The second-order valence-electron chi connectivity index (χ2n) is 7.87. The number of halogens is 3. The van der Waals surface area contributed by atoms with Crippen LogP contribution in [0.25, 0.3) is 0 Å². The first-order valence-electron chi connectivity index (χ1n) is 10.2. The van der Waals surface area contributed by atoms with E-state index in [0.717, 1.165) is 23.9 Å². The first kappa shape index (κ1) is 24.4. The third-order valence-corrected chi connectivity index (χ3v) is 8.75. The van der Waals surface area contributed by atoms with E-state index in [2.05, 4.69) is 4.99 Å². The molecular formula is C22H21F3N2O5S2. The summed E-state index contributed by atoms with van der Waals surface area (Å²) in [6, 6.07) is 8.98. The third-order valence-electron chi connectivity index (χ3n) is 5.54. The van der Waals surface area contributed by atoms with Gasteiger partial charge in [0.05, 0.1) is 43.8 Å². The standard InChI is InChI=1S/C22H21F3N2O5S2/c1-31-17-7-6-13(8-18(17)32-2)9-20(28)26-21-27(16-11-34(29,30)12-19(16)33-21)15-5-3-4-14(10-15)22(23,24)25/h3-8,10,16,19H,9,11-12H2,1-2H3/t16-,19-/m1/s1. The smallest absolute Gasteiger partial charge is 0.416 e. The number of fused-ring (bicyclic) bond motifs is 1. The van der Waals surface area contributed by atoms with Crippen molar-refractivity contribution in [3.63, 3.8) is 0 Å². The number of nitrogens with zero attached hydrogens (tertiary/aromatic N) is 2. The molecule has 7 nitrogen and oxygen atoms in total. The molecule has 0 aromatic heterocycles. The van der Waals surface area contributed by atoms with Crippen LogP contribution < -0.4 is 14.4 Å². The van der Waals surface area contributed by atoms with Crippen LogP contribution in [0.5, 0.6) is 11.5 Å². The summed E-state index contributed by atoms with van der Waals surface area (Å²) in [6.07, 6.45) is -4.64. The van der Waals surface area contributed by atoms with E-state index in [-0.39, 0.29) is 28.8 Å². The van der Waals surface area contributed by atoms with Crippen molar-refractivity contribution < 1.29 is 35.9 Å². The predicted molar refractivity (Wildman–Crippen MR) is 123 cm³/mol. The van der Waals surface area contributed by atoms with E-state index in [1.165, 1.54) is 31.3 Å². The van der Waals surface area contributed by atoms with Gasteiger partial charge in [-0.05, 0) is 35.9 Å². The zero-order chi connectivity index (χ0) is 24.7. The maximum Gasteiger partial charge on any atom is 0.416 e.